The van der Waals surface area contributed by atoms with Crippen molar-refractivity contribution in [2.75, 3.05) is 24.0 Å². The third kappa shape index (κ3) is 7.74. The molecule has 0 spiro atoms. The summed E-state index contributed by atoms with van der Waals surface area (Å²) in [5.74, 6) is -0.242. The van der Waals surface area contributed by atoms with Gasteiger partial charge in [-0.3, -0.25) is 13.9 Å². The zero-order chi connectivity index (χ0) is 28.4. The normalized spacial score (nSPS) is 11.9. The lowest BCUT2D eigenvalue weighted by Crippen LogP contribution is -2.52. The topological polar surface area (TPSA) is 96.0 Å². The molecule has 1 atom stereocenters. The number of rotatable bonds is 13. The van der Waals surface area contributed by atoms with E-state index in [1.54, 1.807) is 73.7 Å². The van der Waals surface area contributed by atoms with E-state index in [4.69, 9.17) is 16.3 Å². The van der Waals surface area contributed by atoms with Crippen LogP contribution >= 0.6 is 11.6 Å². The molecule has 0 saturated carbocycles. The second-order valence-electron chi connectivity index (χ2n) is 8.72. The Morgan fingerprint density at radius 1 is 0.923 bits per heavy atom. The van der Waals surface area contributed by atoms with Crippen LogP contribution in [0.5, 0.6) is 5.75 Å². The Kier molecular flexibility index (Phi) is 10.8. The van der Waals surface area contributed by atoms with Crippen LogP contribution in [0.4, 0.5) is 5.69 Å². The second-order valence-corrected chi connectivity index (χ2v) is 11.0. The SMILES string of the molecule is CCNC(=O)[C@@H](CC)N(Cc1ccc(Cl)cc1)C(=O)CN(c1ccc(OCC)cc1)S(=O)(=O)c1ccccc1. The fraction of sp³-hybridized carbons (Fsp3) is 0.310. The number of ether oxygens (including phenoxy) is 1. The summed E-state index contributed by atoms with van der Waals surface area (Å²) in [4.78, 5) is 28.4. The monoisotopic (exact) mass is 571 g/mol. The van der Waals surface area contributed by atoms with Gasteiger partial charge < -0.3 is 15.0 Å². The molecule has 208 valence electrons. The Bertz CT molecular complexity index is 1330. The predicted octanol–water partition coefficient (Wildman–Crippen LogP) is 4.88. The standard InChI is InChI=1S/C29H34ClN3O5S/c1-4-27(29(35)31-5-2)32(20-22-12-14-23(30)15-13-22)28(34)21-33(24-16-18-25(19-17-24)38-6-3)39(36,37)26-10-8-7-9-11-26/h7-19,27H,4-6,20-21H2,1-3H3,(H,31,35)/t27-/m1/s1. The van der Waals surface area contributed by atoms with Crippen molar-refractivity contribution < 1.29 is 22.7 Å². The number of nitrogens with zero attached hydrogens (tertiary/aromatic N) is 2. The van der Waals surface area contributed by atoms with E-state index >= 15 is 0 Å². The Morgan fingerprint density at radius 3 is 2.13 bits per heavy atom. The highest BCUT2D eigenvalue weighted by Gasteiger charge is 2.33. The van der Waals surface area contributed by atoms with E-state index in [0.717, 1.165) is 9.87 Å². The second kappa shape index (κ2) is 14.0. The molecule has 0 heterocycles. The molecule has 0 aliphatic rings. The molecular formula is C29H34ClN3O5S. The minimum absolute atomic E-state index is 0.0479. The molecule has 3 rings (SSSR count). The number of anilines is 1. The molecule has 0 fully saturated rings. The van der Waals surface area contributed by atoms with Crippen LogP contribution < -0.4 is 14.4 Å². The van der Waals surface area contributed by atoms with Gasteiger partial charge in [-0.25, -0.2) is 8.42 Å². The molecule has 3 aromatic rings. The zero-order valence-electron chi connectivity index (χ0n) is 22.3. The average Bonchev–Trinajstić information content (AvgIpc) is 2.94. The maximum Gasteiger partial charge on any atom is 0.264 e. The number of halogens is 1. The number of carbonyl (C=O) groups is 2. The van der Waals surface area contributed by atoms with Gasteiger partial charge in [-0.1, -0.05) is 48.9 Å². The van der Waals surface area contributed by atoms with E-state index < -0.39 is 28.5 Å². The van der Waals surface area contributed by atoms with Gasteiger partial charge in [0, 0.05) is 18.1 Å². The number of sulfonamides is 1. The molecule has 0 bridgehead atoms. The summed E-state index contributed by atoms with van der Waals surface area (Å²) in [6.45, 7) is 5.93. The minimum Gasteiger partial charge on any atom is -0.494 e. The Balaban J connectivity index is 2.04. The van der Waals surface area contributed by atoms with Crippen LogP contribution in [-0.2, 0) is 26.2 Å². The third-order valence-electron chi connectivity index (χ3n) is 6.05. The number of carbonyl (C=O) groups excluding carboxylic acids is 2. The van der Waals surface area contributed by atoms with Crippen molar-refractivity contribution in [2.24, 2.45) is 0 Å². The Hall–Kier alpha value is -3.56. The van der Waals surface area contributed by atoms with Crippen LogP contribution in [0.3, 0.4) is 0 Å². The van der Waals surface area contributed by atoms with E-state index in [9.17, 15) is 18.0 Å². The van der Waals surface area contributed by atoms with Gasteiger partial charge in [-0.15, -0.1) is 0 Å². The van der Waals surface area contributed by atoms with E-state index in [-0.39, 0.29) is 17.3 Å². The summed E-state index contributed by atoms with van der Waals surface area (Å²) in [6, 6.07) is 20.6. The molecule has 0 saturated heterocycles. The molecule has 0 aromatic heterocycles. The summed E-state index contributed by atoms with van der Waals surface area (Å²) >= 11 is 6.04. The Morgan fingerprint density at radius 2 is 1.56 bits per heavy atom. The highest BCUT2D eigenvalue weighted by molar-refractivity contribution is 7.92. The molecule has 0 aliphatic heterocycles. The first-order chi connectivity index (χ1) is 18.7. The third-order valence-corrected chi connectivity index (χ3v) is 8.09. The highest BCUT2D eigenvalue weighted by atomic mass is 35.5. The van der Waals surface area contributed by atoms with Gasteiger partial charge in [0.05, 0.1) is 17.2 Å². The lowest BCUT2D eigenvalue weighted by molar-refractivity contribution is -0.140. The summed E-state index contributed by atoms with van der Waals surface area (Å²) in [7, 11) is -4.12. The summed E-state index contributed by atoms with van der Waals surface area (Å²) in [5.41, 5.74) is 1.06. The van der Waals surface area contributed by atoms with Crippen molar-refractivity contribution in [2.45, 2.75) is 44.7 Å². The maximum absolute atomic E-state index is 13.9. The van der Waals surface area contributed by atoms with Crippen LogP contribution in [0.15, 0.2) is 83.8 Å². The molecule has 0 unspecified atom stereocenters. The molecule has 8 nitrogen and oxygen atoms in total. The van der Waals surface area contributed by atoms with Crippen molar-refractivity contribution in [1.82, 2.24) is 10.2 Å². The molecule has 1 N–H and O–H groups in total. The van der Waals surface area contributed by atoms with E-state index in [1.165, 1.54) is 17.0 Å². The van der Waals surface area contributed by atoms with Gasteiger partial charge in [0.2, 0.25) is 11.8 Å². The molecule has 10 heteroatoms. The van der Waals surface area contributed by atoms with Crippen LogP contribution in [0.25, 0.3) is 0 Å². The van der Waals surface area contributed by atoms with Crippen LogP contribution in [0, 0.1) is 0 Å². The van der Waals surface area contributed by atoms with Gasteiger partial charge in [-0.05, 0) is 74.4 Å². The van der Waals surface area contributed by atoms with Gasteiger partial charge in [0.1, 0.15) is 18.3 Å². The first-order valence-corrected chi connectivity index (χ1v) is 14.6. The van der Waals surface area contributed by atoms with Crippen molar-refractivity contribution in [3.63, 3.8) is 0 Å². The highest BCUT2D eigenvalue weighted by Crippen LogP contribution is 2.27. The van der Waals surface area contributed by atoms with Gasteiger partial charge in [-0.2, -0.15) is 0 Å². The molecule has 0 radical (unpaired) electrons. The van der Waals surface area contributed by atoms with E-state index in [1.807, 2.05) is 13.8 Å². The van der Waals surface area contributed by atoms with Crippen LogP contribution in [0.1, 0.15) is 32.8 Å². The summed E-state index contributed by atoms with van der Waals surface area (Å²) in [6.07, 6.45) is 0.347. The molecule has 2 amide bonds. The summed E-state index contributed by atoms with van der Waals surface area (Å²) in [5, 5.41) is 3.33. The first kappa shape index (κ1) is 30.0. The first-order valence-electron chi connectivity index (χ1n) is 12.8. The maximum atomic E-state index is 13.9. The average molecular weight is 572 g/mol. The molecule has 0 aliphatic carbocycles. The zero-order valence-corrected chi connectivity index (χ0v) is 23.9. The number of hydrogen-bond acceptors (Lipinski definition) is 5. The molecule has 39 heavy (non-hydrogen) atoms. The summed E-state index contributed by atoms with van der Waals surface area (Å²) < 4.78 is 34.2. The predicted molar refractivity (Wildman–Crippen MR) is 153 cm³/mol. The number of nitrogens with one attached hydrogen (secondary N) is 1. The van der Waals surface area contributed by atoms with Gasteiger partial charge >= 0.3 is 0 Å². The lowest BCUT2D eigenvalue weighted by atomic mass is 10.1. The fourth-order valence-corrected chi connectivity index (χ4v) is 5.68. The quantitative estimate of drug-likeness (QED) is 0.315. The Labute approximate surface area is 235 Å². The van der Waals surface area contributed by atoms with Crippen molar-refractivity contribution in [3.8, 4) is 5.75 Å². The van der Waals surface area contributed by atoms with Gasteiger partial charge in [0.15, 0.2) is 0 Å². The number of hydrogen-bond donors (Lipinski definition) is 1. The van der Waals surface area contributed by atoms with Crippen molar-refractivity contribution in [1.29, 1.82) is 0 Å². The molecule has 3 aromatic carbocycles. The largest absolute Gasteiger partial charge is 0.494 e. The van der Waals surface area contributed by atoms with E-state index in [2.05, 4.69) is 5.32 Å². The van der Waals surface area contributed by atoms with Crippen LogP contribution in [-0.4, -0.2) is 50.9 Å². The van der Waals surface area contributed by atoms with Gasteiger partial charge in [0.25, 0.3) is 10.0 Å². The minimum atomic E-state index is -4.12. The lowest BCUT2D eigenvalue weighted by Gasteiger charge is -2.33. The van der Waals surface area contributed by atoms with E-state index in [0.29, 0.717) is 36.0 Å². The number of benzene rings is 3. The fourth-order valence-electron chi connectivity index (χ4n) is 4.12. The molecular weight excluding hydrogens is 538 g/mol. The van der Waals surface area contributed by atoms with Crippen molar-refractivity contribution >= 4 is 39.1 Å². The van der Waals surface area contributed by atoms with Crippen molar-refractivity contribution in [3.05, 3.63) is 89.4 Å². The van der Waals surface area contributed by atoms with Crippen LogP contribution in [0.2, 0.25) is 5.02 Å². The number of likely N-dealkylation sites (N-methyl/N-ethyl adjacent to an activating group) is 1. The smallest absolute Gasteiger partial charge is 0.264 e. The number of amides is 2.